The summed E-state index contributed by atoms with van der Waals surface area (Å²) < 4.78 is 0. The molecule has 1 aromatic heterocycles. The lowest BCUT2D eigenvalue weighted by molar-refractivity contribution is 0.0450. The summed E-state index contributed by atoms with van der Waals surface area (Å²) in [6.07, 6.45) is 1.45. The predicted octanol–water partition coefficient (Wildman–Crippen LogP) is -0.121. The average Bonchev–Trinajstić information content (AvgIpc) is 2.65. The normalized spacial score (nSPS) is 22.8. The summed E-state index contributed by atoms with van der Waals surface area (Å²) in [5, 5.41) is 10.6. The van der Waals surface area contributed by atoms with Gasteiger partial charge in [0.25, 0.3) is 11.8 Å². The summed E-state index contributed by atoms with van der Waals surface area (Å²) in [7, 11) is 0. The number of nitrogens with zero attached hydrogens (tertiary/aromatic N) is 1. The number of thiophene rings is 1. The first-order valence-electron chi connectivity index (χ1n) is 6.22. The maximum atomic E-state index is 11.6. The molecule has 0 saturated carbocycles. The van der Waals surface area contributed by atoms with Gasteiger partial charge in [-0.25, -0.2) is 0 Å². The molecule has 110 valence electrons. The second-order valence-corrected chi connectivity index (χ2v) is 6.27. The summed E-state index contributed by atoms with van der Waals surface area (Å²) in [6.45, 7) is 2.75. The first-order valence-corrected chi connectivity index (χ1v) is 7.04. The van der Waals surface area contributed by atoms with E-state index in [9.17, 15) is 14.7 Å². The number of anilines is 2. The summed E-state index contributed by atoms with van der Waals surface area (Å²) in [6, 6.07) is 0. The zero-order valence-electron chi connectivity index (χ0n) is 11.2. The summed E-state index contributed by atoms with van der Waals surface area (Å²) >= 11 is 1.04. The Bertz CT molecular complexity index is 567. The van der Waals surface area contributed by atoms with E-state index in [1.165, 1.54) is 0 Å². The topological polar surface area (TPSA) is 136 Å². The van der Waals surface area contributed by atoms with Crippen LogP contribution in [0.15, 0.2) is 0 Å². The number of hydrogen-bond acceptors (Lipinski definition) is 6. The van der Waals surface area contributed by atoms with Crippen molar-refractivity contribution in [3.05, 3.63) is 10.4 Å². The van der Waals surface area contributed by atoms with Crippen LogP contribution in [0.4, 0.5) is 10.7 Å². The molecule has 0 bridgehead atoms. The number of hydrogen-bond donors (Lipinski definition) is 4. The first-order chi connectivity index (χ1) is 9.23. The van der Waals surface area contributed by atoms with Gasteiger partial charge in [-0.05, 0) is 19.8 Å². The number of piperidine rings is 1. The smallest absolute Gasteiger partial charge is 0.260 e. The van der Waals surface area contributed by atoms with Crippen molar-refractivity contribution in [3.8, 4) is 0 Å². The Balaban J connectivity index is 2.48. The van der Waals surface area contributed by atoms with Crippen LogP contribution < -0.4 is 22.1 Å². The van der Waals surface area contributed by atoms with Crippen molar-refractivity contribution in [2.45, 2.75) is 25.4 Å². The van der Waals surface area contributed by atoms with Gasteiger partial charge in [0, 0.05) is 13.1 Å². The molecule has 2 heterocycles. The lowest BCUT2D eigenvalue weighted by Gasteiger charge is -2.37. The monoisotopic (exact) mass is 298 g/mol. The molecule has 0 spiro atoms. The van der Waals surface area contributed by atoms with Crippen LogP contribution in [-0.4, -0.2) is 35.6 Å². The second-order valence-electron chi connectivity index (χ2n) is 5.28. The zero-order valence-corrected chi connectivity index (χ0v) is 12.0. The minimum Gasteiger partial charge on any atom is -0.397 e. The van der Waals surface area contributed by atoms with E-state index in [0.29, 0.717) is 24.5 Å². The Hall–Kier alpha value is -1.80. The van der Waals surface area contributed by atoms with E-state index in [1.807, 2.05) is 4.90 Å². The average molecular weight is 298 g/mol. The SMILES string of the molecule is CC1(O)CCCN(c2sc(C(N)=O)c(N)c2C(N)=O)C1. The molecule has 1 aliphatic heterocycles. The minimum absolute atomic E-state index is 0.0233. The molecule has 1 saturated heterocycles. The van der Waals surface area contributed by atoms with Crippen LogP contribution in [0, 0.1) is 0 Å². The summed E-state index contributed by atoms with van der Waals surface area (Å²) in [5.41, 5.74) is 15.7. The molecular formula is C12H18N4O3S. The number of amides is 2. The van der Waals surface area contributed by atoms with Gasteiger partial charge in [-0.1, -0.05) is 0 Å². The summed E-state index contributed by atoms with van der Waals surface area (Å²) in [5.74, 6) is -1.39. The van der Waals surface area contributed by atoms with E-state index >= 15 is 0 Å². The highest BCUT2D eigenvalue weighted by atomic mass is 32.1. The molecule has 2 amide bonds. The molecule has 1 fully saturated rings. The lowest BCUT2D eigenvalue weighted by Crippen LogP contribution is -2.46. The van der Waals surface area contributed by atoms with Gasteiger partial charge in [-0.2, -0.15) is 0 Å². The number of aliphatic hydroxyl groups is 1. The van der Waals surface area contributed by atoms with E-state index in [1.54, 1.807) is 6.92 Å². The maximum Gasteiger partial charge on any atom is 0.260 e. The van der Waals surface area contributed by atoms with E-state index in [2.05, 4.69) is 0 Å². The summed E-state index contributed by atoms with van der Waals surface area (Å²) in [4.78, 5) is 24.9. The number of carbonyl (C=O) groups is 2. The molecule has 1 aromatic rings. The van der Waals surface area contributed by atoms with Crippen LogP contribution in [0.25, 0.3) is 0 Å². The van der Waals surface area contributed by atoms with Gasteiger partial charge in [0.1, 0.15) is 9.88 Å². The number of rotatable bonds is 3. The van der Waals surface area contributed by atoms with Gasteiger partial charge in [0.2, 0.25) is 0 Å². The molecular weight excluding hydrogens is 280 g/mol. The molecule has 1 unspecified atom stereocenters. The number of primary amides is 2. The van der Waals surface area contributed by atoms with Crippen LogP contribution in [0.2, 0.25) is 0 Å². The van der Waals surface area contributed by atoms with Gasteiger partial charge in [-0.3, -0.25) is 9.59 Å². The van der Waals surface area contributed by atoms with Gasteiger partial charge >= 0.3 is 0 Å². The zero-order chi connectivity index (χ0) is 15.1. The van der Waals surface area contributed by atoms with E-state index < -0.39 is 17.4 Å². The highest BCUT2D eigenvalue weighted by Crippen LogP contribution is 2.39. The third kappa shape index (κ3) is 2.56. The quantitative estimate of drug-likeness (QED) is 0.616. The highest BCUT2D eigenvalue weighted by molar-refractivity contribution is 7.19. The van der Waals surface area contributed by atoms with Crippen molar-refractivity contribution in [2.75, 3.05) is 23.7 Å². The van der Waals surface area contributed by atoms with E-state index in [0.717, 1.165) is 17.8 Å². The van der Waals surface area contributed by atoms with Crippen LogP contribution in [-0.2, 0) is 0 Å². The van der Waals surface area contributed by atoms with Gasteiger partial charge < -0.3 is 27.2 Å². The van der Waals surface area contributed by atoms with Crippen molar-refractivity contribution in [1.82, 2.24) is 0 Å². The molecule has 0 aliphatic carbocycles. The number of β-amino-alcohol motifs (C(OH)–C–C–N with tert-alkyl or cyclic N) is 1. The number of nitrogen functional groups attached to an aromatic ring is 1. The molecule has 7 N–H and O–H groups in total. The van der Waals surface area contributed by atoms with Gasteiger partial charge in [-0.15, -0.1) is 11.3 Å². The Labute approximate surface area is 120 Å². The number of carbonyl (C=O) groups excluding carboxylic acids is 2. The minimum atomic E-state index is -0.848. The first kappa shape index (κ1) is 14.6. The van der Waals surface area contributed by atoms with Gasteiger partial charge in [0.15, 0.2) is 0 Å². The Morgan fingerprint density at radius 1 is 1.35 bits per heavy atom. The van der Waals surface area contributed by atoms with Crippen molar-refractivity contribution in [1.29, 1.82) is 0 Å². The van der Waals surface area contributed by atoms with Crippen LogP contribution in [0.3, 0.4) is 0 Å². The standard InChI is InChI=1S/C12H18N4O3S/c1-12(19)3-2-4-16(5-12)11-6(9(14)17)7(13)8(20-11)10(15)18/h19H,2-5,13H2,1H3,(H2,14,17)(H2,15,18). The fourth-order valence-electron chi connectivity index (χ4n) is 2.47. The van der Waals surface area contributed by atoms with Crippen molar-refractivity contribution >= 4 is 33.8 Å². The van der Waals surface area contributed by atoms with Crippen molar-refractivity contribution < 1.29 is 14.7 Å². The molecule has 2 rings (SSSR count). The van der Waals surface area contributed by atoms with Crippen LogP contribution in [0.5, 0.6) is 0 Å². The largest absolute Gasteiger partial charge is 0.397 e. The Morgan fingerprint density at radius 2 is 2.00 bits per heavy atom. The number of nitrogens with two attached hydrogens (primary N) is 3. The molecule has 7 nitrogen and oxygen atoms in total. The fourth-order valence-corrected chi connectivity index (χ4v) is 3.57. The third-order valence-corrected chi connectivity index (χ3v) is 4.64. The molecule has 20 heavy (non-hydrogen) atoms. The predicted molar refractivity (Wildman–Crippen MR) is 77.8 cm³/mol. The molecule has 1 atom stereocenters. The molecule has 0 aromatic carbocycles. The van der Waals surface area contributed by atoms with E-state index in [-0.39, 0.29) is 16.1 Å². The Morgan fingerprint density at radius 3 is 2.50 bits per heavy atom. The molecule has 0 radical (unpaired) electrons. The molecule has 1 aliphatic rings. The van der Waals surface area contributed by atoms with Crippen LogP contribution >= 0.6 is 11.3 Å². The lowest BCUT2D eigenvalue weighted by atomic mass is 9.95. The fraction of sp³-hybridized carbons (Fsp3) is 0.500. The second kappa shape index (κ2) is 4.95. The Kier molecular flexibility index (Phi) is 3.61. The van der Waals surface area contributed by atoms with Crippen LogP contribution in [0.1, 0.15) is 39.8 Å². The third-order valence-electron chi connectivity index (χ3n) is 3.36. The van der Waals surface area contributed by atoms with E-state index in [4.69, 9.17) is 17.2 Å². The molecule has 8 heteroatoms. The highest BCUT2D eigenvalue weighted by Gasteiger charge is 2.33. The van der Waals surface area contributed by atoms with Gasteiger partial charge in [0.05, 0.1) is 16.9 Å². The van der Waals surface area contributed by atoms with Crippen molar-refractivity contribution in [3.63, 3.8) is 0 Å². The van der Waals surface area contributed by atoms with Crippen molar-refractivity contribution in [2.24, 2.45) is 11.5 Å². The maximum absolute atomic E-state index is 11.6.